The van der Waals surface area contributed by atoms with Gasteiger partial charge in [-0.3, -0.25) is 0 Å². The average molecular weight is 272 g/mol. The van der Waals surface area contributed by atoms with Gasteiger partial charge >= 0.3 is 0 Å². The molecule has 1 aliphatic carbocycles. The summed E-state index contributed by atoms with van der Waals surface area (Å²) in [7, 11) is 0. The van der Waals surface area contributed by atoms with E-state index in [-0.39, 0.29) is 0 Å². The average Bonchev–Trinajstić information content (AvgIpc) is 3.02. The van der Waals surface area contributed by atoms with Crippen molar-refractivity contribution in [1.82, 2.24) is 5.32 Å². The minimum atomic E-state index is 0.933. The number of nitrogens with one attached hydrogen (secondary N) is 1. The molecule has 2 aliphatic rings. The van der Waals surface area contributed by atoms with Gasteiger partial charge in [0.1, 0.15) is 0 Å². The third-order valence-electron chi connectivity index (χ3n) is 4.89. The second-order valence-electron chi connectivity index (χ2n) is 6.50. The van der Waals surface area contributed by atoms with Gasteiger partial charge in [-0.1, -0.05) is 25.0 Å². The van der Waals surface area contributed by atoms with Crippen molar-refractivity contribution in [1.29, 1.82) is 0 Å². The molecular weight excluding hydrogens is 244 g/mol. The van der Waals surface area contributed by atoms with Gasteiger partial charge in [0.05, 0.1) is 0 Å². The van der Waals surface area contributed by atoms with Crippen LogP contribution in [0.2, 0.25) is 0 Å². The Labute approximate surface area is 123 Å². The predicted molar refractivity (Wildman–Crippen MR) is 86.2 cm³/mol. The van der Waals surface area contributed by atoms with E-state index in [0.29, 0.717) is 0 Å². The molecule has 1 aromatic rings. The van der Waals surface area contributed by atoms with Gasteiger partial charge in [-0.05, 0) is 62.3 Å². The molecule has 1 N–H and O–H groups in total. The van der Waals surface area contributed by atoms with Crippen LogP contribution in [0.25, 0.3) is 0 Å². The summed E-state index contributed by atoms with van der Waals surface area (Å²) in [5.74, 6) is 0.933. The van der Waals surface area contributed by atoms with Crippen LogP contribution in [0.4, 0.5) is 5.69 Å². The number of hydrogen-bond donors (Lipinski definition) is 1. The molecule has 1 aromatic carbocycles. The second-order valence-corrected chi connectivity index (χ2v) is 6.50. The number of anilines is 1. The maximum absolute atomic E-state index is 3.63. The lowest BCUT2D eigenvalue weighted by Gasteiger charge is -2.28. The number of rotatable bonds is 5. The fourth-order valence-electron chi connectivity index (χ4n) is 3.61. The number of benzene rings is 1. The van der Waals surface area contributed by atoms with Crippen LogP contribution in [0.1, 0.15) is 50.5 Å². The molecule has 0 aromatic heterocycles. The molecule has 0 bridgehead atoms. The summed E-state index contributed by atoms with van der Waals surface area (Å²) < 4.78 is 0. The molecule has 0 spiro atoms. The first-order valence-corrected chi connectivity index (χ1v) is 8.46. The molecule has 0 atom stereocenters. The lowest BCUT2D eigenvalue weighted by Crippen LogP contribution is -2.29. The summed E-state index contributed by atoms with van der Waals surface area (Å²) in [5.41, 5.74) is 2.83. The second kappa shape index (κ2) is 7.12. The molecule has 0 unspecified atom stereocenters. The van der Waals surface area contributed by atoms with Crippen molar-refractivity contribution in [2.45, 2.75) is 51.5 Å². The molecule has 3 rings (SSSR count). The van der Waals surface area contributed by atoms with Crippen molar-refractivity contribution in [3.05, 3.63) is 29.8 Å². The summed E-state index contributed by atoms with van der Waals surface area (Å²) in [6, 6.07) is 9.20. The van der Waals surface area contributed by atoms with Crippen LogP contribution < -0.4 is 10.2 Å². The van der Waals surface area contributed by atoms with E-state index in [4.69, 9.17) is 0 Å². The van der Waals surface area contributed by atoms with E-state index in [2.05, 4.69) is 34.5 Å². The van der Waals surface area contributed by atoms with Crippen molar-refractivity contribution in [2.24, 2.45) is 5.92 Å². The van der Waals surface area contributed by atoms with Gasteiger partial charge in [0.2, 0.25) is 0 Å². The van der Waals surface area contributed by atoms with Crippen molar-refractivity contribution >= 4 is 5.69 Å². The third kappa shape index (κ3) is 3.76. The van der Waals surface area contributed by atoms with Gasteiger partial charge in [-0.25, -0.2) is 0 Å². The van der Waals surface area contributed by atoms with Crippen LogP contribution in [0.5, 0.6) is 0 Å². The van der Waals surface area contributed by atoms with Crippen LogP contribution >= 0.6 is 0 Å². The smallest absolute Gasteiger partial charge is 0.0366 e. The molecular formula is C18H28N2. The summed E-state index contributed by atoms with van der Waals surface area (Å²) in [4.78, 5) is 2.53. The molecule has 2 heteroatoms. The van der Waals surface area contributed by atoms with Crippen LogP contribution in [0.15, 0.2) is 24.3 Å². The summed E-state index contributed by atoms with van der Waals surface area (Å²) in [5, 5.41) is 3.63. The summed E-state index contributed by atoms with van der Waals surface area (Å²) >= 11 is 0. The SMILES string of the molecule is c1cc(N2CCCCC2)ccc1CNCC1CCCC1. The van der Waals surface area contributed by atoms with Crippen molar-refractivity contribution in [2.75, 3.05) is 24.5 Å². The first kappa shape index (κ1) is 13.9. The van der Waals surface area contributed by atoms with Crippen LogP contribution in [0, 0.1) is 5.92 Å². The van der Waals surface area contributed by atoms with E-state index in [1.54, 1.807) is 0 Å². The van der Waals surface area contributed by atoms with Crippen LogP contribution in [-0.4, -0.2) is 19.6 Å². The molecule has 1 heterocycles. The van der Waals surface area contributed by atoms with Crippen molar-refractivity contribution < 1.29 is 0 Å². The maximum atomic E-state index is 3.63. The Morgan fingerprint density at radius 1 is 0.900 bits per heavy atom. The van der Waals surface area contributed by atoms with Gasteiger partial charge in [-0.2, -0.15) is 0 Å². The molecule has 1 saturated carbocycles. The third-order valence-corrected chi connectivity index (χ3v) is 4.89. The minimum Gasteiger partial charge on any atom is -0.372 e. The lowest BCUT2D eigenvalue weighted by molar-refractivity contribution is 0.489. The lowest BCUT2D eigenvalue weighted by atomic mass is 10.1. The molecule has 2 nitrogen and oxygen atoms in total. The minimum absolute atomic E-state index is 0.933. The standard InChI is InChI=1S/C18H28N2/c1-4-12-20(13-5-1)18-10-8-17(9-11-18)15-19-14-16-6-2-3-7-16/h8-11,16,19H,1-7,12-15H2. The van der Waals surface area contributed by atoms with Crippen LogP contribution in [-0.2, 0) is 6.54 Å². The Kier molecular flexibility index (Phi) is 4.96. The van der Waals surface area contributed by atoms with Gasteiger partial charge in [0.15, 0.2) is 0 Å². The largest absolute Gasteiger partial charge is 0.372 e. The highest BCUT2D eigenvalue weighted by molar-refractivity contribution is 5.47. The zero-order chi connectivity index (χ0) is 13.6. The first-order chi connectivity index (χ1) is 9.92. The number of nitrogens with zero attached hydrogens (tertiary/aromatic N) is 1. The summed E-state index contributed by atoms with van der Waals surface area (Å²) in [6.45, 7) is 4.70. The van der Waals surface area contributed by atoms with Crippen LogP contribution in [0.3, 0.4) is 0 Å². The number of piperidine rings is 1. The quantitative estimate of drug-likeness (QED) is 0.873. The summed E-state index contributed by atoms with van der Waals surface area (Å²) in [6.07, 6.45) is 9.85. The van der Waals surface area contributed by atoms with E-state index in [1.165, 1.54) is 75.8 Å². The van der Waals surface area contributed by atoms with E-state index < -0.39 is 0 Å². The van der Waals surface area contributed by atoms with E-state index in [0.717, 1.165) is 12.5 Å². The van der Waals surface area contributed by atoms with Crippen molar-refractivity contribution in [3.8, 4) is 0 Å². The van der Waals surface area contributed by atoms with Gasteiger partial charge in [0.25, 0.3) is 0 Å². The molecule has 1 aliphatic heterocycles. The fraction of sp³-hybridized carbons (Fsp3) is 0.667. The Morgan fingerprint density at radius 2 is 1.60 bits per heavy atom. The Morgan fingerprint density at radius 3 is 2.30 bits per heavy atom. The molecule has 0 radical (unpaired) electrons. The Hall–Kier alpha value is -1.02. The van der Waals surface area contributed by atoms with E-state index >= 15 is 0 Å². The highest BCUT2D eigenvalue weighted by atomic mass is 15.1. The molecule has 20 heavy (non-hydrogen) atoms. The molecule has 2 fully saturated rings. The monoisotopic (exact) mass is 272 g/mol. The van der Waals surface area contributed by atoms with E-state index in [1.807, 2.05) is 0 Å². The van der Waals surface area contributed by atoms with E-state index in [9.17, 15) is 0 Å². The molecule has 110 valence electrons. The Bertz CT molecular complexity index is 386. The van der Waals surface area contributed by atoms with Gasteiger partial charge < -0.3 is 10.2 Å². The van der Waals surface area contributed by atoms with Crippen molar-refractivity contribution in [3.63, 3.8) is 0 Å². The Balaban J connectivity index is 1.45. The zero-order valence-electron chi connectivity index (χ0n) is 12.6. The fourth-order valence-corrected chi connectivity index (χ4v) is 3.61. The number of hydrogen-bond acceptors (Lipinski definition) is 2. The maximum Gasteiger partial charge on any atom is 0.0366 e. The normalized spacial score (nSPS) is 20.5. The highest BCUT2D eigenvalue weighted by Gasteiger charge is 2.14. The zero-order valence-corrected chi connectivity index (χ0v) is 12.6. The van der Waals surface area contributed by atoms with Gasteiger partial charge in [-0.15, -0.1) is 0 Å². The first-order valence-electron chi connectivity index (χ1n) is 8.46. The molecule has 0 amide bonds. The molecule has 1 saturated heterocycles. The van der Waals surface area contributed by atoms with Gasteiger partial charge in [0, 0.05) is 25.3 Å². The predicted octanol–water partition coefficient (Wildman–Crippen LogP) is 3.96. The topological polar surface area (TPSA) is 15.3 Å². The highest BCUT2D eigenvalue weighted by Crippen LogP contribution is 2.24.